The molecule has 3 unspecified atom stereocenters. The Kier molecular flexibility index (Phi) is 9.87. The van der Waals surface area contributed by atoms with E-state index in [4.69, 9.17) is 29.9 Å². The molecule has 4 N–H and O–H groups in total. The molecule has 0 spiro atoms. The molecule has 13 heteroatoms. The number of ether oxygens (including phenoxy) is 3. The zero-order chi connectivity index (χ0) is 32.3. The lowest BCUT2D eigenvalue weighted by Gasteiger charge is -2.30. The molecule has 0 aliphatic carbocycles. The number of hydrogen-bond acceptors (Lipinski definition) is 10. The highest BCUT2D eigenvalue weighted by atomic mass is 32.1. The SMILES string of the molecule is COc1ccc2c(OC3CC(C(N)=O)N(C(=O)C(NC(=O)OC(C)(C)C)C(C)C)C3)cc(-c3csc(NC(C)C)n3)nc2c1. The lowest BCUT2D eigenvalue weighted by molar-refractivity contribution is -0.140. The number of likely N-dealkylation sites (tertiary alicyclic amines) is 1. The smallest absolute Gasteiger partial charge is 0.408 e. The summed E-state index contributed by atoms with van der Waals surface area (Å²) in [6, 6.07) is 5.69. The molecule has 1 saturated heterocycles. The van der Waals surface area contributed by atoms with Gasteiger partial charge in [-0.15, -0.1) is 11.3 Å². The average Bonchev–Trinajstić information content (AvgIpc) is 3.57. The number of nitrogens with two attached hydrogens (primary N) is 1. The number of pyridine rings is 1. The minimum atomic E-state index is -0.926. The Morgan fingerprint density at radius 2 is 1.82 bits per heavy atom. The van der Waals surface area contributed by atoms with E-state index >= 15 is 0 Å². The fraction of sp³-hybridized carbons (Fsp3) is 0.516. The molecule has 44 heavy (non-hydrogen) atoms. The van der Waals surface area contributed by atoms with Crippen molar-refractivity contribution in [2.24, 2.45) is 11.7 Å². The van der Waals surface area contributed by atoms with Crippen LogP contribution in [0.4, 0.5) is 9.93 Å². The monoisotopic (exact) mass is 626 g/mol. The molecule has 1 aliphatic heterocycles. The van der Waals surface area contributed by atoms with Crippen molar-refractivity contribution < 1.29 is 28.6 Å². The molecule has 0 saturated carbocycles. The number of alkyl carbamates (subject to hydrolysis) is 1. The highest BCUT2D eigenvalue weighted by Gasteiger charge is 2.43. The zero-order valence-corrected chi connectivity index (χ0v) is 27.3. The molecule has 4 rings (SSSR count). The standard InChI is InChI=1S/C31H42N6O6S/c1-16(2)26(36-30(40)43-31(5,6)7)28(39)37-14-19(12-24(37)27(32)38)42-25-13-22(23-15-44-29(35-23)33-17(3)4)34-21-11-18(41-8)9-10-20(21)25/h9-11,13,15-17,19,24,26H,12,14H2,1-8H3,(H2,32,38)(H,33,35)(H,36,40). The first kappa shape index (κ1) is 32.8. The summed E-state index contributed by atoms with van der Waals surface area (Å²) in [5, 5.41) is 9.41. The van der Waals surface area contributed by atoms with E-state index in [1.807, 2.05) is 57.3 Å². The number of fused-ring (bicyclic) bond motifs is 1. The van der Waals surface area contributed by atoms with Gasteiger partial charge in [-0.1, -0.05) is 13.8 Å². The number of nitrogens with zero attached hydrogens (tertiary/aromatic N) is 3. The first-order valence-corrected chi connectivity index (χ1v) is 15.5. The third-order valence-corrected chi connectivity index (χ3v) is 7.70. The van der Waals surface area contributed by atoms with Gasteiger partial charge in [-0.2, -0.15) is 0 Å². The molecule has 2 aromatic heterocycles. The van der Waals surface area contributed by atoms with Gasteiger partial charge in [0.15, 0.2) is 5.13 Å². The molecular weight excluding hydrogens is 584 g/mol. The number of benzene rings is 1. The van der Waals surface area contributed by atoms with E-state index in [9.17, 15) is 14.4 Å². The molecule has 0 bridgehead atoms. The maximum atomic E-state index is 13.8. The number of thiazole rings is 1. The molecular formula is C31H42N6O6S. The van der Waals surface area contributed by atoms with Crippen LogP contribution in [0.2, 0.25) is 0 Å². The Morgan fingerprint density at radius 3 is 2.43 bits per heavy atom. The summed E-state index contributed by atoms with van der Waals surface area (Å²) in [6.45, 7) is 13.0. The Hall–Kier alpha value is -4.13. The van der Waals surface area contributed by atoms with Gasteiger partial charge >= 0.3 is 6.09 Å². The zero-order valence-electron chi connectivity index (χ0n) is 26.5. The number of carbonyl (C=O) groups is 3. The van der Waals surface area contributed by atoms with Gasteiger partial charge in [0.1, 0.15) is 41.0 Å². The minimum absolute atomic E-state index is 0.0973. The van der Waals surface area contributed by atoms with Crippen molar-refractivity contribution in [3.05, 3.63) is 29.6 Å². The Bertz CT molecular complexity index is 1520. The van der Waals surface area contributed by atoms with Gasteiger partial charge in [0, 0.05) is 35.4 Å². The molecule has 3 amide bonds. The number of amides is 3. The largest absolute Gasteiger partial charge is 0.497 e. The summed E-state index contributed by atoms with van der Waals surface area (Å²) in [5.41, 5.74) is 6.95. The van der Waals surface area contributed by atoms with Crippen LogP contribution >= 0.6 is 11.3 Å². The van der Waals surface area contributed by atoms with E-state index in [0.29, 0.717) is 28.4 Å². The lowest BCUT2D eigenvalue weighted by Crippen LogP contribution is -2.55. The molecule has 238 valence electrons. The summed E-state index contributed by atoms with van der Waals surface area (Å²) >= 11 is 1.48. The number of primary amides is 1. The maximum Gasteiger partial charge on any atom is 0.408 e. The van der Waals surface area contributed by atoms with Crippen molar-refractivity contribution in [3.63, 3.8) is 0 Å². The second-order valence-corrected chi connectivity index (χ2v) is 13.3. The number of anilines is 1. The summed E-state index contributed by atoms with van der Waals surface area (Å²) in [6.07, 6.45) is -1.08. The van der Waals surface area contributed by atoms with Crippen LogP contribution in [0.3, 0.4) is 0 Å². The van der Waals surface area contributed by atoms with Gasteiger partial charge in [-0.25, -0.2) is 14.8 Å². The van der Waals surface area contributed by atoms with Crippen molar-refractivity contribution in [3.8, 4) is 22.9 Å². The van der Waals surface area contributed by atoms with Gasteiger partial charge in [0.05, 0.1) is 24.9 Å². The number of nitrogens with one attached hydrogen (secondary N) is 2. The van der Waals surface area contributed by atoms with Crippen molar-refractivity contribution in [1.82, 2.24) is 20.2 Å². The molecule has 1 aromatic carbocycles. The van der Waals surface area contributed by atoms with Gasteiger partial charge < -0.3 is 35.5 Å². The van der Waals surface area contributed by atoms with Crippen molar-refractivity contribution in [1.29, 1.82) is 0 Å². The number of carbonyl (C=O) groups excluding carboxylic acids is 3. The topological polar surface area (TPSA) is 158 Å². The van der Waals surface area contributed by atoms with E-state index in [0.717, 1.165) is 10.5 Å². The Morgan fingerprint density at radius 1 is 1.09 bits per heavy atom. The van der Waals surface area contributed by atoms with Crippen LogP contribution in [-0.2, 0) is 14.3 Å². The fourth-order valence-corrected chi connectivity index (χ4v) is 5.79. The Labute approximate surface area is 261 Å². The van der Waals surface area contributed by atoms with Crippen LogP contribution in [0.25, 0.3) is 22.3 Å². The molecule has 3 heterocycles. The Balaban J connectivity index is 1.63. The molecule has 12 nitrogen and oxygen atoms in total. The molecule has 0 radical (unpaired) electrons. The normalized spacial score (nSPS) is 17.5. The second kappa shape index (κ2) is 13.2. The van der Waals surface area contributed by atoms with E-state index in [1.54, 1.807) is 27.9 Å². The number of aromatic nitrogens is 2. The van der Waals surface area contributed by atoms with Gasteiger partial charge in [-0.05, 0) is 52.7 Å². The summed E-state index contributed by atoms with van der Waals surface area (Å²) in [5.74, 6) is -0.204. The minimum Gasteiger partial charge on any atom is -0.497 e. The van der Waals surface area contributed by atoms with Crippen molar-refractivity contribution >= 4 is 45.3 Å². The second-order valence-electron chi connectivity index (χ2n) is 12.5. The van der Waals surface area contributed by atoms with Crippen LogP contribution in [0.5, 0.6) is 11.5 Å². The summed E-state index contributed by atoms with van der Waals surface area (Å²) < 4.78 is 17.3. The van der Waals surface area contributed by atoms with E-state index in [-0.39, 0.29) is 24.9 Å². The summed E-state index contributed by atoms with van der Waals surface area (Å²) in [7, 11) is 1.59. The van der Waals surface area contributed by atoms with E-state index in [2.05, 4.69) is 10.6 Å². The van der Waals surface area contributed by atoms with E-state index in [1.165, 1.54) is 16.2 Å². The number of methoxy groups -OCH3 is 1. The maximum absolute atomic E-state index is 13.8. The highest BCUT2D eigenvalue weighted by Crippen LogP contribution is 2.35. The first-order chi connectivity index (χ1) is 20.6. The number of rotatable bonds is 10. The first-order valence-electron chi connectivity index (χ1n) is 14.6. The van der Waals surface area contributed by atoms with Crippen LogP contribution in [0.15, 0.2) is 29.6 Å². The van der Waals surface area contributed by atoms with Crippen molar-refractivity contribution in [2.75, 3.05) is 19.0 Å². The highest BCUT2D eigenvalue weighted by molar-refractivity contribution is 7.14. The average molecular weight is 627 g/mol. The molecule has 3 aromatic rings. The van der Waals surface area contributed by atoms with Crippen LogP contribution in [0.1, 0.15) is 54.9 Å². The van der Waals surface area contributed by atoms with E-state index < -0.39 is 41.7 Å². The molecule has 1 aliphatic rings. The van der Waals surface area contributed by atoms with Crippen molar-refractivity contribution in [2.45, 2.75) is 84.7 Å². The van der Waals surface area contributed by atoms with Gasteiger partial charge in [0.2, 0.25) is 11.8 Å². The third-order valence-electron chi connectivity index (χ3n) is 6.93. The number of hydrogen-bond donors (Lipinski definition) is 3. The fourth-order valence-electron chi connectivity index (χ4n) is 4.94. The van der Waals surface area contributed by atoms with Crippen LogP contribution < -0.4 is 25.8 Å². The quantitative estimate of drug-likeness (QED) is 0.293. The summed E-state index contributed by atoms with van der Waals surface area (Å²) in [4.78, 5) is 49.8. The molecule has 1 fully saturated rings. The lowest BCUT2D eigenvalue weighted by atomic mass is 10.0. The predicted molar refractivity (Wildman–Crippen MR) is 170 cm³/mol. The van der Waals surface area contributed by atoms with Crippen LogP contribution in [-0.4, -0.2) is 76.3 Å². The van der Waals surface area contributed by atoms with Gasteiger partial charge in [-0.3, -0.25) is 9.59 Å². The third kappa shape index (κ3) is 7.87. The van der Waals surface area contributed by atoms with Gasteiger partial charge in [0.25, 0.3) is 0 Å². The van der Waals surface area contributed by atoms with Crippen LogP contribution in [0, 0.1) is 5.92 Å². The molecule has 3 atom stereocenters. The predicted octanol–water partition coefficient (Wildman–Crippen LogP) is 4.57.